The second kappa shape index (κ2) is 6.66. The molecule has 130 valence electrons. The van der Waals surface area contributed by atoms with Crippen LogP contribution in [0.15, 0.2) is 48.5 Å². The fraction of sp³-hybridized carbons (Fsp3) is 0.118. The highest BCUT2D eigenvalue weighted by Gasteiger charge is 2.26. The Morgan fingerprint density at radius 2 is 2.00 bits per heavy atom. The van der Waals surface area contributed by atoms with Gasteiger partial charge in [-0.2, -0.15) is 8.42 Å². The number of benzene rings is 2. The van der Waals surface area contributed by atoms with Crippen molar-refractivity contribution in [1.82, 2.24) is 0 Å². The maximum atomic E-state index is 13.5. The summed E-state index contributed by atoms with van der Waals surface area (Å²) in [7, 11) is -3.85. The number of hydrogen-bond acceptors (Lipinski definition) is 3. The summed E-state index contributed by atoms with van der Waals surface area (Å²) in [5.41, 5.74) is 2.02. The van der Waals surface area contributed by atoms with Crippen LogP contribution >= 0.6 is 0 Å². The van der Waals surface area contributed by atoms with E-state index in [2.05, 4.69) is 5.32 Å². The third-order valence-electron chi connectivity index (χ3n) is 3.83. The van der Waals surface area contributed by atoms with Crippen molar-refractivity contribution in [1.29, 1.82) is 0 Å². The minimum atomic E-state index is -3.85. The number of hydrogen-bond donors (Lipinski definition) is 2. The molecular formula is C17H16FN3O3S. The lowest BCUT2D eigenvalue weighted by Crippen LogP contribution is -2.35. The van der Waals surface area contributed by atoms with Crippen molar-refractivity contribution in [3.63, 3.8) is 0 Å². The summed E-state index contributed by atoms with van der Waals surface area (Å²) in [6, 6.07) is 11.1. The summed E-state index contributed by atoms with van der Waals surface area (Å²) < 4.78 is 37.8. The van der Waals surface area contributed by atoms with Gasteiger partial charge >= 0.3 is 0 Å². The van der Waals surface area contributed by atoms with Crippen molar-refractivity contribution in [2.24, 2.45) is 5.14 Å². The Labute approximate surface area is 144 Å². The topological polar surface area (TPSA) is 92.5 Å². The number of fused-ring (bicyclic) bond motifs is 1. The highest BCUT2D eigenvalue weighted by Crippen LogP contribution is 2.32. The van der Waals surface area contributed by atoms with E-state index in [1.165, 1.54) is 18.2 Å². The molecule has 0 atom stereocenters. The van der Waals surface area contributed by atoms with Crippen LogP contribution in [0.2, 0.25) is 0 Å². The van der Waals surface area contributed by atoms with Gasteiger partial charge in [0, 0.05) is 23.9 Å². The molecule has 0 fully saturated rings. The average molecular weight is 361 g/mol. The van der Waals surface area contributed by atoms with Crippen LogP contribution in [0.4, 0.5) is 15.8 Å². The largest absolute Gasteiger partial charge is 0.322 e. The monoisotopic (exact) mass is 361 g/mol. The Morgan fingerprint density at radius 3 is 2.72 bits per heavy atom. The standard InChI is InChI=1S/C17H16FN3O3S/c18-15-4-2-1-3-12(15)6-8-17(22)20-14-7-5-13-9-10-21(16(13)11-14)25(19,23)24/h1-8,11H,9-10H2,(H,20,22)(H2,19,23,24)/b8-6+. The van der Waals surface area contributed by atoms with Crippen LogP contribution in [0.1, 0.15) is 11.1 Å². The van der Waals surface area contributed by atoms with Gasteiger partial charge in [-0.25, -0.2) is 9.53 Å². The Hall–Kier alpha value is -2.71. The van der Waals surface area contributed by atoms with Crippen LogP contribution in [-0.2, 0) is 21.4 Å². The summed E-state index contributed by atoms with van der Waals surface area (Å²) >= 11 is 0. The van der Waals surface area contributed by atoms with E-state index >= 15 is 0 Å². The van der Waals surface area contributed by atoms with E-state index in [0.29, 0.717) is 23.4 Å². The predicted molar refractivity (Wildman–Crippen MR) is 94.7 cm³/mol. The number of carbonyl (C=O) groups is 1. The third kappa shape index (κ3) is 3.86. The van der Waals surface area contributed by atoms with Crippen LogP contribution in [-0.4, -0.2) is 20.9 Å². The van der Waals surface area contributed by atoms with Crippen molar-refractivity contribution < 1.29 is 17.6 Å². The number of nitrogens with one attached hydrogen (secondary N) is 1. The van der Waals surface area contributed by atoms with E-state index in [9.17, 15) is 17.6 Å². The second-order valence-electron chi connectivity index (χ2n) is 5.55. The summed E-state index contributed by atoms with van der Waals surface area (Å²) in [5.74, 6) is -0.878. The van der Waals surface area contributed by atoms with E-state index in [-0.39, 0.29) is 6.54 Å². The molecule has 0 aliphatic carbocycles. The summed E-state index contributed by atoms with van der Waals surface area (Å²) in [5, 5.41) is 7.82. The molecule has 0 aromatic heterocycles. The summed E-state index contributed by atoms with van der Waals surface area (Å²) in [6.45, 7) is 0.277. The molecule has 1 aliphatic rings. The molecule has 0 spiro atoms. The van der Waals surface area contributed by atoms with E-state index < -0.39 is 21.9 Å². The maximum Gasteiger partial charge on any atom is 0.299 e. The SMILES string of the molecule is NS(=O)(=O)N1CCc2ccc(NC(=O)/C=C/c3ccccc3F)cc21. The minimum Gasteiger partial charge on any atom is -0.322 e. The van der Waals surface area contributed by atoms with E-state index in [4.69, 9.17) is 5.14 Å². The molecule has 1 heterocycles. The van der Waals surface area contributed by atoms with Gasteiger partial charge in [0.15, 0.2) is 0 Å². The van der Waals surface area contributed by atoms with Crippen LogP contribution in [0.25, 0.3) is 6.08 Å². The molecule has 1 amide bonds. The molecule has 0 saturated carbocycles. The zero-order valence-electron chi connectivity index (χ0n) is 13.1. The Balaban J connectivity index is 1.76. The van der Waals surface area contributed by atoms with Crippen molar-refractivity contribution in [3.05, 3.63) is 65.5 Å². The molecule has 1 aliphatic heterocycles. The molecule has 6 nitrogen and oxygen atoms in total. The molecule has 3 rings (SSSR count). The Morgan fingerprint density at radius 1 is 1.24 bits per heavy atom. The molecule has 2 aromatic rings. The second-order valence-corrected chi connectivity index (χ2v) is 7.03. The molecule has 2 aromatic carbocycles. The maximum absolute atomic E-state index is 13.5. The van der Waals surface area contributed by atoms with Crippen LogP contribution in [0, 0.1) is 5.82 Å². The summed E-state index contributed by atoms with van der Waals surface area (Å²) in [4.78, 5) is 12.0. The molecule has 3 N–H and O–H groups in total. The van der Waals surface area contributed by atoms with Crippen molar-refractivity contribution >= 4 is 33.6 Å². The quantitative estimate of drug-likeness (QED) is 0.816. The first-order chi connectivity index (χ1) is 11.8. The van der Waals surface area contributed by atoms with E-state index in [1.54, 1.807) is 36.4 Å². The third-order valence-corrected chi connectivity index (χ3v) is 4.83. The van der Waals surface area contributed by atoms with Crippen molar-refractivity contribution in [3.8, 4) is 0 Å². The number of nitrogens with zero attached hydrogens (tertiary/aromatic N) is 1. The van der Waals surface area contributed by atoms with Crippen LogP contribution < -0.4 is 14.8 Å². The zero-order chi connectivity index (χ0) is 18.0. The van der Waals surface area contributed by atoms with Crippen molar-refractivity contribution in [2.45, 2.75) is 6.42 Å². The zero-order valence-corrected chi connectivity index (χ0v) is 14.0. The minimum absolute atomic E-state index is 0.277. The number of rotatable bonds is 4. The number of anilines is 2. The molecule has 0 radical (unpaired) electrons. The fourth-order valence-corrected chi connectivity index (χ4v) is 3.44. The van der Waals surface area contributed by atoms with E-state index in [0.717, 1.165) is 9.87 Å². The molecule has 0 bridgehead atoms. The smallest absolute Gasteiger partial charge is 0.299 e. The number of halogens is 1. The number of amides is 1. The van der Waals surface area contributed by atoms with Gasteiger partial charge in [0.25, 0.3) is 10.2 Å². The van der Waals surface area contributed by atoms with Gasteiger partial charge in [-0.15, -0.1) is 0 Å². The predicted octanol–water partition coefficient (Wildman–Crippen LogP) is 2.04. The molecule has 0 unspecified atom stereocenters. The van der Waals surface area contributed by atoms with Gasteiger partial charge in [0.2, 0.25) is 5.91 Å². The molecular weight excluding hydrogens is 345 g/mol. The van der Waals surface area contributed by atoms with Crippen LogP contribution in [0.5, 0.6) is 0 Å². The van der Waals surface area contributed by atoms with Gasteiger partial charge in [-0.05, 0) is 36.3 Å². The van der Waals surface area contributed by atoms with Gasteiger partial charge in [0.05, 0.1) is 5.69 Å². The fourth-order valence-electron chi connectivity index (χ4n) is 2.65. The first-order valence-electron chi connectivity index (χ1n) is 7.51. The first kappa shape index (κ1) is 17.1. The number of nitrogens with two attached hydrogens (primary N) is 1. The van der Waals surface area contributed by atoms with E-state index in [1.807, 2.05) is 0 Å². The lowest BCUT2D eigenvalue weighted by Gasteiger charge is -2.16. The van der Waals surface area contributed by atoms with Gasteiger partial charge < -0.3 is 5.32 Å². The van der Waals surface area contributed by atoms with Gasteiger partial charge in [-0.1, -0.05) is 24.3 Å². The van der Waals surface area contributed by atoms with Gasteiger partial charge in [-0.3, -0.25) is 9.10 Å². The average Bonchev–Trinajstić information content (AvgIpc) is 2.97. The number of carbonyl (C=O) groups excluding carboxylic acids is 1. The van der Waals surface area contributed by atoms with Gasteiger partial charge in [0.1, 0.15) is 5.82 Å². The molecule has 8 heteroatoms. The first-order valence-corrected chi connectivity index (χ1v) is 9.02. The molecule has 25 heavy (non-hydrogen) atoms. The van der Waals surface area contributed by atoms with Crippen LogP contribution in [0.3, 0.4) is 0 Å². The normalized spacial score (nSPS) is 13.9. The highest BCUT2D eigenvalue weighted by molar-refractivity contribution is 7.90. The summed E-state index contributed by atoms with van der Waals surface area (Å²) in [6.07, 6.45) is 3.14. The Kier molecular flexibility index (Phi) is 4.56. The molecule has 0 saturated heterocycles. The lowest BCUT2D eigenvalue weighted by molar-refractivity contribution is -0.111. The highest BCUT2D eigenvalue weighted by atomic mass is 32.2. The lowest BCUT2D eigenvalue weighted by atomic mass is 10.1. The van der Waals surface area contributed by atoms with Crippen molar-refractivity contribution in [2.75, 3.05) is 16.2 Å². The Bertz CT molecular complexity index is 957.